The third kappa shape index (κ3) is 4.21. The van der Waals surface area contributed by atoms with Crippen LogP contribution in [-0.2, 0) is 0 Å². The average molecular weight is 240 g/mol. The number of rotatable bonds is 6. The van der Waals surface area contributed by atoms with E-state index in [2.05, 4.69) is 12.2 Å². The Bertz CT molecular complexity index is 226. The Kier molecular flexibility index (Phi) is 6.38. The maximum atomic E-state index is 12.0. The molecule has 2 amide bonds. The predicted octanol–water partition coefficient (Wildman–Crippen LogP) is 3.40. The summed E-state index contributed by atoms with van der Waals surface area (Å²) in [4.78, 5) is 13.9. The smallest absolute Gasteiger partial charge is 0.317 e. The van der Waals surface area contributed by atoms with Crippen molar-refractivity contribution in [1.29, 1.82) is 0 Å². The van der Waals surface area contributed by atoms with Crippen molar-refractivity contribution in [2.24, 2.45) is 5.92 Å². The molecule has 2 unspecified atom stereocenters. The predicted molar refractivity (Wildman–Crippen MR) is 72.1 cm³/mol. The zero-order valence-electron chi connectivity index (χ0n) is 11.7. The molecule has 0 heterocycles. The standard InChI is InChI=1S/C14H28N2O/c1-4-7-9-12-10-8-11-13(12)15-14(17)16(5-2)6-3/h12-13H,4-11H2,1-3H3,(H,15,17). The SMILES string of the molecule is CCCCC1CCCC1NC(=O)N(CC)CC. The fourth-order valence-electron chi connectivity index (χ4n) is 2.80. The molecule has 1 rings (SSSR count). The monoisotopic (exact) mass is 240 g/mol. The van der Waals surface area contributed by atoms with E-state index in [4.69, 9.17) is 0 Å². The van der Waals surface area contributed by atoms with Gasteiger partial charge in [-0.25, -0.2) is 4.79 Å². The molecule has 0 bridgehead atoms. The molecule has 3 heteroatoms. The largest absolute Gasteiger partial charge is 0.335 e. The number of unbranched alkanes of at least 4 members (excludes halogenated alkanes) is 1. The second-order valence-electron chi connectivity index (χ2n) is 5.06. The normalized spacial score (nSPS) is 23.7. The highest BCUT2D eigenvalue weighted by molar-refractivity contribution is 5.74. The van der Waals surface area contributed by atoms with E-state index in [1.807, 2.05) is 18.7 Å². The summed E-state index contributed by atoms with van der Waals surface area (Å²) in [6.45, 7) is 7.90. The molecule has 1 fully saturated rings. The molecule has 0 aromatic rings. The maximum Gasteiger partial charge on any atom is 0.317 e. The van der Waals surface area contributed by atoms with E-state index in [-0.39, 0.29) is 6.03 Å². The van der Waals surface area contributed by atoms with E-state index in [9.17, 15) is 4.79 Å². The van der Waals surface area contributed by atoms with Crippen LogP contribution in [0.4, 0.5) is 4.79 Å². The first-order valence-corrected chi connectivity index (χ1v) is 7.28. The van der Waals surface area contributed by atoms with Gasteiger partial charge >= 0.3 is 6.03 Å². The second-order valence-corrected chi connectivity index (χ2v) is 5.06. The number of carbonyl (C=O) groups excluding carboxylic acids is 1. The highest BCUT2D eigenvalue weighted by Gasteiger charge is 2.28. The molecular formula is C14H28N2O. The van der Waals surface area contributed by atoms with Gasteiger partial charge in [-0.2, -0.15) is 0 Å². The number of nitrogens with one attached hydrogen (secondary N) is 1. The molecule has 17 heavy (non-hydrogen) atoms. The molecule has 0 saturated heterocycles. The summed E-state index contributed by atoms with van der Waals surface area (Å²) in [7, 11) is 0. The third-order valence-corrected chi connectivity index (χ3v) is 3.95. The van der Waals surface area contributed by atoms with Gasteiger partial charge in [0.15, 0.2) is 0 Å². The van der Waals surface area contributed by atoms with Gasteiger partial charge < -0.3 is 10.2 Å². The Balaban J connectivity index is 2.40. The number of nitrogens with zero attached hydrogens (tertiary/aromatic N) is 1. The van der Waals surface area contributed by atoms with Gasteiger partial charge in [0.25, 0.3) is 0 Å². The molecule has 100 valence electrons. The Morgan fingerprint density at radius 1 is 1.24 bits per heavy atom. The highest BCUT2D eigenvalue weighted by Crippen LogP contribution is 2.29. The molecule has 0 aliphatic heterocycles. The molecule has 1 aliphatic carbocycles. The van der Waals surface area contributed by atoms with Crippen molar-refractivity contribution in [2.75, 3.05) is 13.1 Å². The number of urea groups is 1. The van der Waals surface area contributed by atoms with E-state index >= 15 is 0 Å². The van der Waals surface area contributed by atoms with E-state index in [1.165, 1.54) is 38.5 Å². The maximum absolute atomic E-state index is 12.0. The topological polar surface area (TPSA) is 32.3 Å². The minimum absolute atomic E-state index is 0.128. The summed E-state index contributed by atoms with van der Waals surface area (Å²) in [5.74, 6) is 0.717. The van der Waals surface area contributed by atoms with Crippen molar-refractivity contribution >= 4 is 6.03 Å². The van der Waals surface area contributed by atoms with Gasteiger partial charge in [0, 0.05) is 19.1 Å². The molecule has 3 nitrogen and oxygen atoms in total. The zero-order chi connectivity index (χ0) is 12.7. The summed E-state index contributed by atoms with van der Waals surface area (Å²) in [6, 6.07) is 0.554. The van der Waals surface area contributed by atoms with Crippen LogP contribution in [0.15, 0.2) is 0 Å². The van der Waals surface area contributed by atoms with Crippen molar-refractivity contribution in [3.63, 3.8) is 0 Å². The van der Waals surface area contributed by atoms with Crippen LogP contribution < -0.4 is 5.32 Å². The summed E-state index contributed by atoms with van der Waals surface area (Å²) >= 11 is 0. The summed E-state index contributed by atoms with van der Waals surface area (Å²) in [5.41, 5.74) is 0. The molecule has 0 aromatic carbocycles. The van der Waals surface area contributed by atoms with Crippen LogP contribution in [0.5, 0.6) is 0 Å². The van der Waals surface area contributed by atoms with E-state index in [0.717, 1.165) is 19.0 Å². The number of hydrogen-bond donors (Lipinski definition) is 1. The summed E-state index contributed by atoms with van der Waals surface area (Å²) in [5, 5.41) is 3.23. The molecule has 0 spiro atoms. The van der Waals surface area contributed by atoms with E-state index in [0.29, 0.717) is 6.04 Å². The minimum Gasteiger partial charge on any atom is -0.335 e. The van der Waals surface area contributed by atoms with Gasteiger partial charge in [0.05, 0.1) is 0 Å². The van der Waals surface area contributed by atoms with Crippen molar-refractivity contribution in [2.45, 2.75) is 65.3 Å². The Labute approximate surface area is 106 Å². The highest BCUT2D eigenvalue weighted by atomic mass is 16.2. The first kappa shape index (κ1) is 14.3. The number of hydrogen-bond acceptors (Lipinski definition) is 1. The van der Waals surface area contributed by atoms with Crippen LogP contribution in [0.25, 0.3) is 0 Å². The van der Waals surface area contributed by atoms with Crippen molar-refractivity contribution in [3.05, 3.63) is 0 Å². The lowest BCUT2D eigenvalue weighted by molar-refractivity contribution is 0.195. The van der Waals surface area contributed by atoms with Crippen LogP contribution in [-0.4, -0.2) is 30.1 Å². The lowest BCUT2D eigenvalue weighted by atomic mass is 9.97. The molecule has 2 atom stereocenters. The molecule has 1 saturated carbocycles. The van der Waals surface area contributed by atoms with Gasteiger partial charge in [-0.05, 0) is 39.0 Å². The fraction of sp³-hybridized carbons (Fsp3) is 0.929. The third-order valence-electron chi connectivity index (χ3n) is 3.95. The second kappa shape index (κ2) is 7.57. The van der Waals surface area contributed by atoms with Gasteiger partial charge in [-0.1, -0.05) is 26.2 Å². The Morgan fingerprint density at radius 3 is 2.53 bits per heavy atom. The van der Waals surface area contributed by atoms with Crippen LogP contribution in [0.2, 0.25) is 0 Å². The summed E-state index contributed by atoms with van der Waals surface area (Å²) < 4.78 is 0. The minimum atomic E-state index is 0.128. The van der Waals surface area contributed by atoms with Crippen LogP contribution >= 0.6 is 0 Å². The number of amides is 2. The first-order chi connectivity index (χ1) is 8.22. The quantitative estimate of drug-likeness (QED) is 0.758. The van der Waals surface area contributed by atoms with Gasteiger partial charge in [0.2, 0.25) is 0 Å². The zero-order valence-corrected chi connectivity index (χ0v) is 11.7. The average Bonchev–Trinajstić information content (AvgIpc) is 2.75. The number of carbonyl (C=O) groups is 1. The molecule has 0 radical (unpaired) electrons. The van der Waals surface area contributed by atoms with Crippen molar-refractivity contribution < 1.29 is 4.79 Å². The lowest BCUT2D eigenvalue weighted by Gasteiger charge is -2.25. The van der Waals surface area contributed by atoms with E-state index < -0.39 is 0 Å². The Hall–Kier alpha value is -0.730. The first-order valence-electron chi connectivity index (χ1n) is 7.28. The van der Waals surface area contributed by atoms with E-state index in [1.54, 1.807) is 0 Å². The summed E-state index contributed by atoms with van der Waals surface area (Å²) in [6.07, 6.45) is 7.57. The molecule has 1 aliphatic rings. The van der Waals surface area contributed by atoms with Gasteiger partial charge in [0.1, 0.15) is 0 Å². The van der Waals surface area contributed by atoms with Crippen LogP contribution in [0, 0.1) is 5.92 Å². The molecular weight excluding hydrogens is 212 g/mol. The molecule has 0 aromatic heterocycles. The Morgan fingerprint density at radius 2 is 1.94 bits per heavy atom. The van der Waals surface area contributed by atoms with Gasteiger partial charge in [-0.3, -0.25) is 0 Å². The van der Waals surface area contributed by atoms with Gasteiger partial charge in [-0.15, -0.1) is 0 Å². The van der Waals surface area contributed by atoms with Crippen LogP contribution in [0.3, 0.4) is 0 Å². The van der Waals surface area contributed by atoms with Crippen molar-refractivity contribution in [1.82, 2.24) is 10.2 Å². The van der Waals surface area contributed by atoms with Crippen molar-refractivity contribution in [3.8, 4) is 0 Å². The fourth-order valence-corrected chi connectivity index (χ4v) is 2.80. The van der Waals surface area contributed by atoms with Crippen LogP contribution in [0.1, 0.15) is 59.3 Å². The lowest BCUT2D eigenvalue weighted by Crippen LogP contribution is -2.46. The molecule has 1 N–H and O–H groups in total.